The standard InChI is InChI=1S/C14H12N4O2/c19-14(8-1-2-8)18-13-4-10-9(5-16-13)3-11(17-10)12-6-15-7-20-12/h3-8,17H,1-2H2,(H,16,18,19). The summed E-state index contributed by atoms with van der Waals surface area (Å²) in [5, 5.41) is 3.79. The van der Waals surface area contributed by atoms with E-state index >= 15 is 0 Å². The lowest BCUT2D eigenvalue weighted by molar-refractivity contribution is -0.117. The van der Waals surface area contributed by atoms with Gasteiger partial charge in [0.05, 0.1) is 17.4 Å². The molecule has 3 heterocycles. The summed E-state index contributed by atoms with van der Waals surface area (Å²) in [4.78, 5) is 23.1. The number of pyridine rings is 1. The molecule has 0 aromatic carbocycles. The number of rotatable bonds is 3. The SMILES string of the molecule is O=C(Nc1cc2[nH]c(-c3cnco3)cc2cn1)C1CC1. The average Bonchev–Trinajstić information content (AvgIpc) is 3.00. The fourth-order valence-electron chi connectivity index (χ4n) is 2.15. The van der Waals surface area contributed by atoms with Crippen molar-refractivity contribution in [2.75, 3.05) is 5.32 Å². The lowest BCUT2D eigenvalue weighted by atomic mass is 10.3. The van der Waals surface area contributed by atoms with Crippen LogP contribution in [-0.4, -0.2) is 20.9 Å². The van der Waals surface area contributed by atoms with Gasteiger partial charge in [-0.15, -0.1) is 0 Å². The Morgan fingerprint density at radius 2 is 2.25 bits per heavy atom. The van der Waals surface area contributed by atoms with Crippen molar-refractivity contribution in [1.82, 2.24) is 15.0 Å². The summed E-state index contributed by atoms with van der Waals surface area (Å²) >= 11 is 0. The van der Waals surface area contributed by atoms with Crippen LogP contribution in [0.5, 0.6) is 0 Å². The Balaban J connectivity index is 1.66. The van der Waals surface area contributed by atoms with E-state index in [-0.39, 0.29) is 11.8 Å². The minimum atomic E-state index is 0.0545. The molecule has 20 heavy (non-hydrogen) atoms. The minimum absolute atomic E-state index is 0.0545. The third-order valence-corrected chi connectivity index (χ3v) is 3.40. The molecule has 1 aliphatic carbocycles. The summed E-state index contributed by atoms with van der Waals surface area (Å²) < 4.78 is 5.25. The molecule has 3 aromatic rings. The van der Waals surface area contributed by atoms with Crippen LogP contribution >= 0.6 is 0 Å². The van der Waals surface area contributed by atoms with Crippen molar-refractivity contribution in [3.63, 3.8) is 0 Å². The van der Waals surface area contributed by atoms with Crippen molar-refractivity contribution >= 4 is 22.6 Å². The molecule has 6 nitrogen and oxygen atoms in total. The number of oxazole rings is 1. The minimum Gasteiger partial charge on any atom is -0.442 e. The summed E-state index contributed by atoms with van der Waals surface area (Å²) in [6.07, 6.45) is 6.72. The maximum atomic E-state index is 11.7. The van der Waals surface area contributed by atoms with Crippen LogP contribution in [0.1, 0.15) is 12.8 Å². The van der Waals surface area contributed by atoms with Crippen LogP contribution in [0.25, 0.3) is 22.4 Å². The summed E-state index contributed by atoms with van der Waals surface area (Å²) in [6, 6.07) is 3.77. The molecule has 100 valence electrons. The molecule has 3 aromatic heterocycles. The van der Waals surface area contributed by atoms with Gasteiger partial charge in [-0.3, -0.25) is 4.79 Å². The summed E-state index contributed by atoms with van der Waals surface area (Å²) in [5.74, 6) is 1.46. The van der Waals surface area contributed by atoms with Crippen LogP contribution in [0, 0.1) is 5.92 Å². The zero-order valence-electron chi connectivity index (χ0n) is 10.6. The van der Waals surface area contributed by atoms with Crippen molar-refractivity contribution < 1.29 is 9.21 Å². The van der Waals surface area contributed by atoms with E-state index in [9.17, 15) is 4.79 Å². The Morgan fingerprint density at radius 3 is 3.00 bits per heavy atom. The highest BCUT2D eigenvalue weighted by Gasteiger charge is 2.29. The third kappa shape index (κ3) is 1.95. The number of hydrogen-bond acceptors (Lipinski definition) is 4. The first kappa shape index (κ1) is 11.2. The van der Waals surface area contributed by atoms with Crippen molar-refractivity contribution in [3.05, 3.63) is 30.9 Å². The number of H-pyrrole nitrogens is 1. The second-order valence-electron chi connectivity index (χ2n) is 4.97. The highest BCUT2D eigenvalue weighted by atomic mass is 16.3. The van der Waals surface area contributed by atoms with Gasteiger partial charge in [-0.05, 0) is 18.9 Å². The van der Waals surface area contributed by atoms with Gasteiger partial charge < -0.3 is 14.7 Å². The second kappa shape index (κ2) is 4.19. The summed E-state index contributed by atoms with van der Waals surface area (Å²) in [5.41, 5.74) is 1.74. The zero-order chi connectivity index (χ0) is 13.5. The molecular formula is C14H12N4O2. The fraction of sp³-hybridized carbons (Fsp3) is 0.214. The van der Waals surface area contributed by atoms with Gasteiger partial charge in [0.25, 0.3) is 0 Å². The van der Waals surface area contributed by atoms with Gasteiger partial charge in [-0.1, -0.05) is 0 Å². The topological polar surface area (TPSA) is 83.8 Å². The molecule has 1 aliphatic rings. The van der Waals surface area contributed by atoms with Gasteiger partial charge in [0.15, 0.2) is 12.2 Å². The van der Waals surface area contributed by atoms with Crippen molar-refractivity contribution in [1.29, 1.82) is 0 Å². The molecule has 1 saturated carbocycles. The molecule has 1 amide bonds. The number of hydrogen-bond donors (Lipinski definition) is 2. The Labute approximate surface area is 114 Å². The molecule has 0 unspecified atom stereocenters. The maximum absolute atomic E-state index is 11.7. The number of aromatic nitrogens is 3. The Hall–Kier alpha value is -2.63. The van der Waals surface area contributed by atoms with Crippen LogP contribution in [0.15, 0.2) is 35.3 Å². The van der Waals surface area contributed by atoms with E-state index in [0.29, 0.717) is 11.6 Å². The van der Waals surface area contributed by atoms with Crippen LogP contribution in [0.2, 0.25) is 0 Å². The molecule has 0 bridgehead atoms. The Kier molecular flexibility index (Phi) is 2.35. The molecule has 4 rings (SSSR count). The monoisotopic (exact) mass is 268 g/mol. The normalized spacial score (nSPS) is 14.6. The van der Waals surface area contributed by atoms with E-state index in [1.54, 1.807) is 12.4 Å². The number of fused-ring (bicyclic) bond motifs is 1. The predicted molar refractivity (Wildman–Crippen MR) is 72.9 cm³/mol. The van der Waals surface area contributed by atoms with Crippen LogP contribution in [0.3, 0.4) is 0 Å². The molecule has 0 atom stereocenters. The van der Waals surface area contributed by atoms with Gasteiger partial charge in [0.2, 0.25) is 5.91 Å². The third-order valence-electron chi connectivity index (χ3n) is 3.40. The molecule has 0 radical (unpaired) electrons. The molecular weight excluding hydrogens is 256 g/mol. The number of nitrogens with one attached hydrogen (secondary N) is 2. The van der Waals surface area contributed by atoms with Crippen molar-refractivity contribution in [2.24, 2.45) is 5.92 Å². The molecule has 6 heteroatoms. The molecule has 0 aliphatic heterocycles. The lowest BCUT2D eigenvalue weighted by Gasteiger charge is -2.02. The summed E-state index contributed by atoms with van der Waals surface area (Å²) in [6.45, 7) is 0. The fourth-order valence-corrected chi connectivity index (χ4v) is 2.15. The zero-order valence-corrected chi connectivity index (χ0v) is 10.6. The first-order chi connectivity index (χ1) is 9.79. The van der Waals surface area contributed by atoms with E-state index in [1.807, 2.05) is 12.1 Å². The van der Waals surface area contributed by atoms with Gasteiger partial charge in [-0.25, -0.2) is 9.97 Å². The molecule has 0 saturated heterocycles. The van der Waals surface area contributed by atoms with Crippen LogP contribution in [-0.2, 0) is 4.79 Å². The van der Waals surface area contributed by atoms with E-state index in [4.69, 9.17) is 4.42 Å². The van der Waals surface area contributed by atoms with Crippen LogP contribution in [0.4, 0.5) is 5.82 Å². The Bertz CT molecular complexity index is 772. The molecule has 1 fully saturated rings. The van der Waals surface area contributed by atoms with Gasteiger partial charge >= 0.3 is 0 Å². The van der Waals surface area contributed by atoms with Crippen molar-refractivity contribution in [2.45, 2.75) is 12.8 Å². The summed E-state index contributed by atoms with van der Waals surface area (Å²) in [7, 11) is 0. The predicted octanol–water partition coefficient (Wildman–Crippen LogP) is 2.57. The van der Waals surface area contributed by atoms with E-state index < -0.39 is 0 Å². The van der Waals surface area contributed by atoms with E-state index in [0.717, 1.165) is 29.4 Å². The number of carbonyl (C=O) groups is 1. The van der Waals surface area contributed by atoms with Gasteiger partial charge in [0.1, 0.15) is 5.82 Å². The number of aromatic amines is 1. The Morgan fingerprint density at radius 1 is 1.35 bits per heavy atom. The van der Waals surface area contributed by atoms with E-state index in [1.165, 1.54) is 6.39 Å². The number of amides is 1. The molecule has 0 spiro atoms. The van der Waals surface area contributed by atoms with Crippen molar-refractivity contribution in [3.8, 4) is 11.5 Å². The second-order valence-corrected chi connectivity index (χ2v) is 4.97. The lowest BCUT2D eigenvalue weighted by Crippen LogP contribution is -2.14. The maximum Gasteiger partial charge on any atom is 0.228 e. The quantitative estimate of drug-likeness (QED) is 0.764. The number of nitrogens with zero attached hydrogens (tertiary/aromatic N) is 2. The number of carbonyl (C=O) groups excluding carboxylic acids is 1. The molecule has 2 N–H and O–H groups in total. The largest absolute Gasteiger partial charge is 0.442 e. The van der Waals surface area contributed by atoms with Gasteiger partial charge in [0, 0.05) is 23.6 Å². The smallest absolute Gasteiger partial charge is 0.228 e. The highest BCUT2D eigenvalue weighted by Crippen LogP contribution is 2.30. The van der Waals surface area contributed by atoms with E-state index in [2.05, 4.69) is 20.3 Å². The average molecular weight is 268 g/mol. The highest BCUT2D eigenvalue weighted by molar-refractivity contribution is 5.95. The first-order valence-electron chi connectivity index (χ1n) is 6.48. The van der Waals surface area contributed by atoms with Crippen LogP contribution < -0.4 is 5.32 Å². The number of anilines is 1. The van der Waals surface area contributed by atoms with Gasteiger partial charge in [-0.2, -0.15) is 0 Å². The first-order valence-corrected chi connectivity index (χ1v) is 6.48.